The van der Waals surface area contributed by atoms with E-state index in [1.54, 1.807) is 0 Å². The molecule has 284 valence electrons. The van der Waals surface area contributed by atoms with Crippen LogP contribution in [0.4, 0.5) is 0 Å². The van der Waals surface area contributed by atoms with Crippen molar-refractivity contribution in [2.24, 2.45) is 23.7 Å². The molecule has 48 heavy (non-hydrogen) atoms. The van der Waals surface area contributed by atoms with Gasteiger partial charge < -0.3 is 9.47 Å². The Hall–Kier alpha value is -1.06. The second kappa shape index (κ2) is 33.1. The van der Waals surface area contributed by atoms with Crippen molar-refractivity contribution >= 4 is 11.9 Å². The molecule has 0 N–H and O–H groups in total. The molecule has 0 aromatic rings. The Morgan fingerprint density at radius 3 is 0.938 bits per heavy atom. The van der Waals surface area contributed by atoms with Gasteiger partial charge in [0.1, 0.15) is 0 Å². The number of esters is 2. The van der Waals surface area contributed by atoms with E-state index in [9.17, 15) is 9.59 Å². The van der Waals surface area contributed by atoms with Gasteiger partial charge in [-0.15, -0.1) is 0 Å². The second-order valence-electron chi connectivity index (χ2n) is 16.5. The van der Waals surface area contributed by atoms with E-state index in [0.29, 0.717) is 19.6 Å². The molecule has 0 spiro atoms. The van der Waals surface area contributed by atoms with E-state index in [0.717, 1.165) is 56.8 Å². The lowest BCUT2D eigenvalue weighted by molar-refractivity contribution is -0.155. The first-order valence-corrected chi connectivity index (χ1v) is 21.7. The Morgan fingerprint density at radius 2 is 0.667 bits per heavy atom. The molecule has 0 saturated heterocycles. The van der Waals surface area contributed by atoms with Gasteiger partial charge in [0.15, 0.2) is 0 Å². The molecule has 1 aliphatic rings. The summed E-state index contributed by atoms with van der Waals surface area (Å²) in [6, 6.07) is 0. The fraction of sp³-hybridized carbons (Fsp3) is 0.955. The van der Waals surface area contributed by atoms with Crippen LogP contribution in [0.3, 0.4) is 0 Å². The molecule has 1 saturated carbocycles. The van der Waals surface area contributed by atoms with E-state index < -0.39 is 0 Å². The molecule has 4 heteroatoms. The fourth-order valence-electron chi connectivity index (χ4n) is 7.40. The van der Waals surface area contributed by atoms with E-state index in [2.05, 4.69) is 27.7 Å². The van der Waals surface area contributed by atoms with Crippen molar-refractivity contribution in [3.8, 4) is 0 Å². The van der Waals surface area contributed by atoms with Gasteiger partial charge in [-0.2, -0.15) is 0 Å². The van der Waals surface area contributed by atoms with E-state index >= 15 is 0 Å². The summed E-state index contributed by atoms with van der Waals surface area (Å²) in [4.78, 5) is 25.4. The van der Waals surface area contributed by atoms with Gasteiger partial charge in [0.2, 0.25) is 0 Å². The molecule has 0 radical (unpaired) electrons. The second-order valence-corrected chi connectivity index (χ2v) is 16.5. The van der Waals surface area contributed by atoms with Gasteiger partial charge in [-0.25, -0.2) is 0 Å². The zero-order chi connectivity index (χ0) is 34.9. The highest BCUT2D eigenvalue weighted by Crippen LogP contribution is 2.31. The number of carbonyl (C=O) groups excluding carboxylic acids is 2. The number of carbonyl (C=O) groups is 2. The highest BCUT2D eigenvalue weighted by molar-refractivity contribution is 5.76. The summed E-state index contributed by atoms with van der Waals surface area (Å²) in [5, 5.41) is 0. The van der Waals surface area contributed by atoms with Crippen molar-refractivity contribution in [1.29, 1.82) is 0 Å². The third-order valence-corrected chi connectivity index (χ3v) is 10.7. The van der Waals surface area contributed by atoms with E-state index in [-0.39, 0.29) is 23.8 Å². The normalized spacial score (nSPS) is 16.5. The smallest absolute Gasteiger partial charge is 0.308 e. The Balaban J connectivity index is 1.90. The monoisotopic (exact) mass is 677 g/mol. The summed E-state index contributed by atoms with van der Waals surface area (Å²) < 4.78 is 11.3. The molecular formula is C44H84O4. The summed E-state index contributed by atoms with van der Waals surface area (Å²) in [6.45, 7) is 10.4. The number of hydrogen-bond acceptors (Lipinski definition) is 4. The minimum Gasteiger partial charge on any atom is -0.465 e. The Kier molecular flexibility index (Phi) is 31.0. The van der Waals surface area contributed by atoms with Crippen LogP contribution in [0.2, 0.25) is 0 Å². The van der Waals surface area contributed by atoms with Crippen LogP contribution in [0.15, 0.2) is 0 Å². The quantitative estimate of drug-likeness (QED) is 0.0503. The summed E-state index contributed by atoms with van der Waals surface area (Å²) >= 11 is 0. The van der Waals surface area contributed by atoms with E-state index in [4.69, 9.17) is 9.47 Å². The standard InChI is InChI=1S/C44H84O4/c1-39(2)32-27-23-19-15-11-7-5-9-13-17-21-25-29-36-47-43(45)41-34-31-35-42(38-41)44(46)48-37-30-26-22-18-14-10-6-8-12-16-20-24-28-33-40(3)4/h39-42H,5-38H2,1-4H3. The summed E-state index contributed by atoms with van der Waals surface area (Å²) in [5.41, 5.74) is 0. The van der Waals surface area contributed by atoms with Crippen molar-refractivity contribution in [3.63, 3.8) is 0 Å². The molecule has 0 bridgehead atoms. The van der Waals surface area contributed by atoms with Crippen LogP contribution in [0.5, 0.6) is 0 Å². The van der Waals surface area contributed by atoms with Crippen LogP contribution in [-0.2, 0) is 19.1 Å². The molecule has 2 unspecified atom stereocenters. The largest absolute Gasteiger partial charge is 0.465 e. The molecule has 0 aromatic heterocycles. The zero-order valence-corrected chi connectivity index (χ0v) is 33.0. The predicted molar refractivity (Wildman–Crippen MR) is 206 cm³/mol. The SMILES string of the molecule is CC(C)CCCCCCCCCCCCCCCOC(=O)C1CCCC(C(=O)OCCCCCCCCCCCCCCCC(C)C)C1. The first-order chi connectivity index (χ1) is 23.4. The van der Waals surface area contributed by atoms with Crippen LogP contribution in [-0.4, -0.2) is 25.2 Å². The maximum atomic E-state index is 12.7. The van der Waals surface area contributed by atoms with Crippen LogP contribution in [0.1, 0.15) is 233 Å². The number of ether oxygens (including phenoxy) is 2. The van der Waals surface area contributed by atoms with Gasteiger partial charge in [0.25, 0.3) is 0 Å². The highest BCUT2D eigenvalue weighted by Gasteiger charge is 2.32. The topological polar surface area (TPSA) is 52.6 Å². The number of hydrogen-bond donors (Lipinski definition) is 0. The molecule has 0 aliphatic heterocycles. The third-order valence-electron chi connectivity index (χ3n) is 10.7. The maximum absolute atomic E-state index is 12.7. The molecule has 4 nitrogen and oxygen atoms in total. The predicted octanol–water partition coefficient (Wildman–Crippen LogP) is 14.1. The van der Waals surface area contributed by atoms with Crippen LogP contribution < -0.4 is 0 Å². The van der Waals surface area contributed by atoms with Gasteiger partial charge in [-0.05, 0) is 43.9 Å². The third kappa shape index (κ3) is 28.7. The molecule has 1 fully saturated rings. The lowest BCUT2D eigenvalue weighted by Gasteiger charge is -2.26. The average molecular weight is 677 g/mol. The van der Waals surface area contributed by atoms with E-state index in [1.165, 1.54) is 154 Å². The lowest BCUT2D eigenvalue weighted by atomic mass is 9.81. The summed E-state index contributed by atoms with van der Waals surface area (Å²) in [5.74, 6) is 1.26. The average Bonchev–Trinajstić information content (AvgIpc) is 3.07. The van der Waals surface area contributed by atoms with Gasteiger partial charge in [0.05, 0.1) is 25.0 Å². The maximum Gasteiger partial charge on any atom is 0.308 e. The number of unbranched alkanes of at least 4 members (excludes halogenated alkanes) is 24. The Bertz CT molecular complexity index is 659. The lowest BCUT2D eigenvalue weighted by Crippen LogP contribution is -2.30. The highest BCUT2D eigenvalue weighted by atomic mass is 16.5. The van der Waals surface area contributed by atoms with E-state index in [1.807, 2.05) is 0 Å². The summed E-state index contributed by atoms with van der Waals surface area (Å²) in [7, 11) is 0. The van der Waals surface area contributed by atoms with Gasteiger partial charge >= 0.3 is 11.9 Å². The molecule has 1 aliphatic carbocycles. The number of rotatable bonds is 34. The van der Waals surface area contributed by atoms with Crippen molar-refractivity contribution in [1.82, 2.24) is 0 Å². The molecule has 0 aromatic carbocycles. The first-order valence-electron chi connectivity index (χ1n) is 21.7. The summed E-state index contributed by atoms with van der Waals surface area (Å²) in [6.07, 6.45) is 40.4. The zero-order valence-electron chi connectivity index (χ0n) is 33.0. The van der Waals surface area contributed by atoms with Gasteiger partial charge in [-0.3, -0.25) is 9.59 Å². The Labute approximate surface area is 300 Å². The molecule has 1 rings (SSSR count). The van der Waals surface area contributed by atoms with Crippen molar-refractivity contribution < 1.29 is 19.1 Å². The first kappa shape index (κ1) is 45.0. The van der Waals surface area contributed by atoms with Crippen molar-refractivity contribution in [2.45, 2.75) is 233 Å². The van der Waals surface area contributed by atoms with Crippen molar-refractivity contribution in [2.75, 3.05) is 13.2 Å². The molecule has 0 heterocycles. The van der Waals surface area contributed by atoms with Crippen LogP contribution in [0, 0.1) is 23.7 Å². The van der Waals surface area contributed by atoms with Crippen molar-refractivity contribution in [3.05, 3.63) is 0 Å². The van der Waals surface area contributed by atoms with Gasteiger partial charge in [-0.1, -0.05) is 201 Å². The molecule has 2 atom stereocenters. The van der Waals surface area contributed by atoms with Crippen LogP contribution >= 0.6 is 0 Å². The Morgan fingerprint density at radius 1 is 0.417 bits per heavy atom. The van der Waals surface area contributed by atoms with Crippen LogP contribution in [0.25, 0.3) is 0 Å². The molecular weight excluding hydrogens is 592 g/mol. The van der Waals surface area contributed by atoms with Gasteiger partial charge in [0, 0.05) is 0 Å². The minimum absolute atomic E-state index is 0.0930. The minimum atomic E-state index is -0.133. The fourth-order valence-corrected chi connectivity index (χ4v) is 7.40. The molecule has 0 amide bonds.